The van der Waals surface area contributed by atoms with Crippen molar-refractivity contribution in [3.63, 3.8) is 0 Å². The summed E-state index contributed by atoms with van der Waals surface area (Å²) in [6.07, 6.45) is 0. The number of benzene rings is 3. The molecule has 2 nitrogen and oxygen atoms in total. The molecule has 0 aliphatic rings. The number of rotatable bonds is 2. The van der Waals surface area contributed by atoms with Crippen molar-refractivity contribution in [2.24, 2.45) is 0 Å². The lowest BCUT2D eigenvalue weighted by atomic mass is 9.96. The molecule has 3 heteroatoms. The van der Waals surface area contributed by atoms with Gasteiger partial charge in [0.25, 0.3) is 0 Å². The Bertz CT molecular complexity index is 868. The smallest absolute Gasteiger partial charge is 0.115 e. The number of aryl methyl sites for hydroxylation is 2. The van der Waals surface area contributed by atoms with E-state index in [9.17, 15) is 5.11 Å². The molecule has 0 saturated heterocycles. The molecule has 0 amide bonds. The van der Waals surface area contributed by atoms with Gasteiger partial charge in [0.2, 0.25) is 0 Å². The summed E-state index contributed by atoms with van der Waals surface area (Å²) in [4.78, 5) is 0. The Morgan fingerprint density at radius 1 is 0.731 bits per heavy atom. The molecule has 3 rings (SSSR count). The van der Waals surface area contributed by atoms with Crippen molar-refractivity contribution in [3.8, 4) is 22.6 Å². The van der Waals surface area contributed by atoms with Crippen molar-refractivity contribution in [3.05, 3.63) is 81.8 Å². The SMILES string of the molecule is Cc1cc(O)ccc1-c1ccc(C(C)C)cc1.Cc1cc(O)ccc1Br. The first-order valence-electron chi connectivity index (χ1n) is 8.63. The molecule has 0 heterocycles. The van der Waals surface area contributed by atoms with Crippen molar-refractivity contribution in [2.45, 2.75) is 33.6 Å². The van der Waals surface area contributed by atoms with Crippen LogP contribution in [0, 0.1) is 13.8 Å². The van der Waals surface area contributed by atoms with E-state index in [0.29, 0.717) is 17.4 Å². The van der Waals surface area contributed by atoms with Crippen molar-refractivity contribution in [1.29, 1.82) is 0 Å². The van der Waals surface area contributed by atoms with Gasteiger partial charge in [-0.3, -0.25) is 0 Å². The van der Waals surface area contributed by atoms with E-state index >= 15 is 0 Å². The minimum Gasteiger partial charge on any atom is -0.508 e. The maximum absolute atomic E-state index is 9.40. The van der Waals surface area contributed by atoms with Crippen LogP contribution < -0.4 is 0 Å². The molecule has 26 heavy (non-hydrogen) atoms. The molecule has 0 aliphatic heterocycles. The van der Waals surface area contributed by atoms with Crippen LogP contribution in [0.5, 0.6) is 11.5 Å². The van der Waals surface area contributed by atoms with Crippen molar-refractivity contribution in [1.82, 2.24) is 0 Å². The van der Waals surface area contributed by atoms with Gasteiger partial charge in [-0.2, -0.15) is 0 Å². The molecular formula is C23H25BrO2. The Hall–Kier alpha value is -2.26. The van der Waals surface area contributed by atoms with Crippen molar-refractivity contribution >= 4 is 15.9 Å². The molecule has 0 spiro atoms. The van der Waals surface area contributed by atoms with Crippen LogP contribution in [0.25, 0.3) is 11.1 Å². The zero-order valence-electron chi connectivity index (χ0n) is 15.6. The van der Waals surface area contributed by atoms with Gasteiger partial charge in [0.15, 0.2) is 0 Å². The second-order valence-corrected chi connectivity index (χ2v) is 7.56. The van der Waals surface area contributed by atoms with Crippen LogP contribution in [0.4, 0.5) is 0 Å². The third-order valence-electron chi connectivity index (χ3n) is 4.24. The molecule has 3 aromatic carbocycles. The molecule has 0 aromatic heterocycles. The largest absolute Gasteiger partial charge is 0.508 e. The molecule has 136 valence electrons. The van der Waals surface area contributed by atoms with E-state index in [1.165, 1.54) is 16.7 Å². The molecule has 0 radical (unpaired) electrons. The Morgan fingerprint density at radius 3 is 1.73 bits per heavy atom. The van der Waals surface area contributed by atoms with E-state index in [1.54, 1.807) is 24.3 Å². The zero-order chi connectivity index (χ0) is 19.3. The van der Waals surface area contributed by atoms with E-state index in [2.05, 4.69) is 54.0 Å². The van der Waals surface area contributed by atoms with Crippen LogP contribution in [-0.4, -0.2) is 10.2 Å². The summed E-state index contributed by atoms with van der Waals surface area (Å²) < 4.78 is 1.03. The van der Waals surface area contributed by atoms with Gasteiger partial charge in [-0.25, -0.2) is 0 Å². The molecule has 0 saturated carbocycles. The fourth-order valence-electron chi connectivity index (χ4n) is 2.65. The third-order valence-corrected chi connectivity index (χ3v) is 5.13. The van der Waals surface area contributed by atoms with Gasteiger partial charge in [-0.1, -0.05) is 60.1 Å². The minimum atomic E-state index is 0.315. The topological polar surface area (TPSA) is 40.5 Å². The summed E-state index contributed by atoms with van der Waals surface area (Å²) in [5.41, 5.74) is 5.88. The highest BCUT2D eigenvalue weighted by molar-refractivity contribution is 9.10. The van der Waals surface area contributed by atoms with Gasteiger partial charge in [-0.15, -0.1) is 0 Å². The molecule has 0 fully saturated rings. The molecule has 3 aromatic rings. The predicted octanol–water partition coefficient (Wildman–Crippen LogP) is 6.95. The highest BCUT2D eigenvalue weighted by atomic mass is 79.9. The van der Waals surface area contributed by atoms with Gasteiger partial charge >= 0.3 is 0 Å². The minimum absolute atomic E-state index is 0.315. The van der Waals surface area contributed by atoms with Gasteiger partial charge in [0.1, 0.15) is 11.5 Å². The standard InChI is InChI=1S/C16H18O.C7H7BrO/c1-11(2)13-4-6-14(7-5-13)16-9-8-15(17)10-12(16)3;1-5-4-6(9)2-3-7(5)8/h4-11,17H,1-3H3;2-4,9H,1H3. The first-order chi connectivity index (χ1) is 12.3. The number of aromatic hydroxyl groups is 2. The van der Waals surface area contributed by atoms with Crippen LogP contribution in [0.1, 0.15) is 36.5 Å². The third kappa shape index (κ3) is 5.37. The summed E-state index contributed by atoms with van der Waals surface area (Å²) in [6.45, 7) is 8.34. The van der Waals surface area contributed by atoms with Crippen LogP contribution >= 0.6 is 15.9 Å². The molecule has 0 bridgehead atoms. The maximum Gasteiger partial charge on any atom is 0.115 e. The number of phenolic OH excluding ortho intramolecular Hbond substituents is 2. The molecule has 0 unspecified atom stereocenters. The lowest BCUT2D eigenvalue weighted by Gasteiger charge is -2.09. The van der Waals surface area contributed by atoms with Gasteiger partial charge in [0, 0.05) is 4.47 Å². The van der Waals surface area contributed by atoms with E-state index in [-0.39, 0.29) is 0 Å². The van der Waals surface area contributed by atoms with Crippen LogP contribution in [-0.2, 0) is 0 Å². The van der Waals surface area contributed by atoms with Crippen molar-refractivity contribution in [2.75, 3.05) is 0 Å². The van der Waals surface area contributed by atoms with Crippen molar-refractivity contribution < 1.29 is 10.2 Å². The second-order valence-electron chi connectivity index (χ2n) is 6.71. The van der Waals surface area contributed by atoms with Gasteiger partial charge in [0.05, 0.1) is 0 Å². The highest BCUT2D eigenvalue weighted by Crippen LogP contribution is 2.27. The molecule has 2 N–H and O–H groups in total. The van der Waals surface area contributed by atoms with Crippen LogP contribution in [0.3, 0.4) is 0 Å². The van der Waals surface area contributed by atoms with Crippen LogP contribution in [0.2, 0.25) is 0 Å². The number of halogens is 1. The average molecular weight is 413 g/mol. The summed E-state index contributed by atoms with van der Waals surface area (Å²) in [5.74, 6) is 1.20. The summed E-state index contributed by atoms with van der Waals surface area (Å²) in [7, 11) is 0. The second kappa shape index (κ2) is 8.91. The molecule has 0 aliphatic carbocycles. The summed E-state index contributed by atoms with van der Waals surface area (Å²) in [5, 5.41) is 18.3. The Morgan fingerprint density at radius 2 is 1.27 bits per heavy atom. The Balaban J connectivity index is 0.000000228. The van der Waals surface area contributed by atoms with Crippen LogP contribution in [0.15, 0.2) is 65.1 Å². The first kappa shape index (κ1) is 20.1. The maximum atomic E-state index is 9.40. The lowest BCUT2D eigenvalue weighted by molar-refractivity contribution is 0.474. The number of hydrogen-bond acceptors (Lipinski definition) is 2. The first-order valence-corrected chi connectivity index (χ1v) is 9.42. The fraction of sp³-hybridized carbons (Fsp3) is 0.217. The van der Waals surface area contributed by atoms with E-state index in [1.807, 2.05) is 26.0 Å². The quantitative estimate of drug-likeness (QED) is 0.477. The highest BCUT2D eigenvalue weighted by Gasteiger charge is 2.04. The number of hydrogen-bond donors (Lipinski definition) is 2. The predicted molar refractivity (Wildman–Crippen MR) is 113 cm³/mol. The zero-order valence-corrected chi connectivity index (χ0v) is 17.2. The molecule has 0 atom stereocenters. The monoisotopic (exact) mass is 412 g/mol. The average Bonchev–Trinajstić information content (AvgIpc) is 2.59. The number of phenols is 2. The normalized spacial score (nSPS) is 10.4. The Kier molecular flexibility index (Phi) is 6.87. The lowest BCUT2D eigenvalue weighted by Crippen LogP contribution is -1.88. The summed E-state index contributed by atoms with van der Waals surface area (Å²) in [6, 6.07) is 19.3. The summed E-state index contributed by atoms with van der Waals surface area (Å²) >= 11 is 3.32. The van der Waals surface area contributed by atoms with E-state index in [4.69, 9.17) is 5.11 Å². The van der Waals surface area contributed by atoms with E-state index < -0.39 is 0 Å². The van der Waals surface area contributed by atoms with E-state index in [0.717, 1.165) is 15.6 Å². The van der Waals surface area contributed by atoms with Gasteiger partial charge in [-0.05, 0) is 77.9 Å². The molecular weight excluding hydrogens is 388 g/mol. The Labute approximate surface area is 164 Å². The van der Waals surface area contributed by atoms with Gasteiger partial charge < -0.3 is 10.2 Å². The fourth-order valence-corrected chi connectivity index (χ4v) is 2.89.